The minimum atomic E-state index is -0.686. The summed E-state index contributed by atoms with van der Waals surface area (Å²) in [6, 6.07) is 14.9. The van der Waals surface area contributed by atoms with Crippen molar-refractivity contribution in [3.8, 4) is 0 Å². The zero-order chi connectivity index (χ0) is 19.7. The number of fused-ring (bicyclic) bond motifs is 1. The number of benzene rings is 2. The van der Waals surface area contributed by atoms with Gasteiger partial charge in [-0.15, -0.1) is 0 Å². The molecule has 2 aromatic carbocycles. The fourth-order valence-corrected chi connectivity index (χ4v) is 3.61. The number of carbonyl (C=O) groups is 1. The van der Waals surface area contributed by atoms with Crippen molar-refractivity contribution in [2.45, 2.75) is 19.6 Å². The number of morpholine rings is 1. The highest BCUT2D eigenvalue weighted by Crippen LogP contribution is 2.23. The van der Waals surface area contributed by atoms with Gasteiger partial charge in [0.2, 0.25) is 0 Å². The van der Waals surface area contributed by atoms with E-state index in [1.165, 1.54) is 4.57 Å². The molecule has 7 heteroatoms. The Labute approximate surface area is 161 Å². The summed E-state index contributed by atoms with van der Waals surface area (Å²) >= 11 is 0. The molecule has 2 heterocycles. The lowest BCUT2D eigenvalue weighted by molar-refractivity contribution is -0.0228. The number of nitrogens with zero attached hydrogens (tertiary/aromatic N) is 2. The van der Waals surface area contributed by atoms with Crippen molar-refractivity contribution in [2.75, 3.05) is 19.7 Å². The fraction of sp³-hybridized carbons (Fsp3) is 0.286. The van der Waals surface area contributed by atoms with Crippen molar-refractivity contribution >= 4 is 16.9 Å². The number of ether oxygens (including phenoxy) is 1. The Bertz CT molecular complexity index is 1130. The van der Waals surface area contributed by atoms with Gasteiger partial charge in [0.1, 0.15) is 6.10 Å². The summed E-state index contributed by atoms with van der Waals surface area (Å²) in [5, 5.41) is 0. The largest absolute Gasteiger partial charge is 0.370 e. The molecule has 1 N–H and O–H groups in total. The normalized spacial score (nSPS) is 17.0. The summed E-state index contributed by atoms with van der Waals surface area (Å²) in [5.41, 5.74) is 1.31. The molecule has 1 amide bonds. The zero-order valence-corrected chi connectivity index (χ0v) is 15.6. The van der Waals surface area contributed by atoms with E-state index >= 15 is 0 Å². The number of rotatable bonds is 3. The second-order valence-electron chi connectivity index (χ2n) is 6.76. The minimum Gasteiger partial charge on any atom is -0.370 e. The first-order chi connectivity index (χ1) is 13.6. The smallest absolute Gasteiger partial charge is 0.316 e. The number of nitrogens with one attached hydrogen (secondary N) is 1. The van der Waals surface area contributed by atoms with E-state index in [0.29, 0.717) is 42.8 Å². The summed E-state index contributed by atoms with van der Waals surface area (Å²) < 4.78 is 7.24. The molecule has 0 radical (unpaired) electrons. The van der Waals surface area contributed by atoms with Crippen LogP contribution < -0.4 is 11.1 Å². The quantitative estimate of drug-likeness (QED) is 0.705. The molecule has 1 fully saturated rings. The van der Waals surface area contributed by atoms with E-state index in [2.05, 4.69) is 4.98 Å². The molecule has 144 valence electrons. The number of aromatic amines is 1. The Kier molecular flexibility index (Phi) is 4.83. The highest BCUT2D eigenvalue weighted by atomic mass is 16.5. The van der Waals surface area contributed by atoms with Crippen LogP contribution in [0.2, 0.25) is 0 Å². The van der Waals surface area contributed by atoms with Crippen LogP contribution in [0.1, 0.15) is 28.9 Å². The molecular formula is C21H21N3O4. The second kappa shape index (κ2) is 7.44. The standard InChI is InChI=1S/C21H21N3O4/c1-2-24-17-9-8-15(12-16(17)22-19(25)21(24)27)20(26)23-10-11-28-18(13-23)14-6-4-3-5-7-14/h3-9,12,18H,2,10-11,13H2,1H3,(H,22,25)/t18-/m1/s1. The third-order valence-electron chi connectivity index (χ3n) is 5.06. The van der Waals surface area contributed by atoms with Crippen molar-refractivity contribution in [3.63, 3.8) is 0 Å². The molecule has 0 aliphatic carbocycles. The number of aryl methyl sites for hydroxylation is 1. The predicted molar refractivity (Wildman–Crippen MR) is 106 cm³/mol. The monoisotopic (exact) mass is 379 g/mol. The van der Waals surface area contributed by atoms with Crippen LogP contribution in [0.15, 0.2) is 58.1 Å². The first-order valence-corrected chi connectivity index (χ1v) is 9.31. The van der Waals surface area contributed by atoms with Gasteiger partial charge in [0.15, 0.2) is 0 Å². The van der Waals surface area contributed by atoms with Gasteiger partial charge in [0, 0.05) is 18.7 Å². The molecule has 28 heavy (non-hydrogen) atoms. The van der Waals surface area contributed by atoms with Gasteiger partial charge in [0.05, 0.1) is 24.2 Å². The molecule has 7 nitrogen and oxygen atoms in total. The van der Waals surface area contributed by atoms with Crippen LogP contribution in [0, 0.1) is 0 Å². The number of aromatic nitrogens is 2. The van der Waals surface area contributed by atoms with Crippen LogP contribution in [0.4, 0.5) is 0 Å². The van der Waals surface area contributed by atoms with Crippen molar-refractivity contribution in [1.29, 1.82) is 0 Å². The van der Waals surface area contributed by atoms with Gasteiger partial charge in [-0.05, 0) is 30.7 Å². The maximum Gasteiger partial charge on any atom is 0.316 e. The molecule has 0 unspecified atom stereocenters. The SMILES string of the molecule is CCn1c(=O)c(=O)[nH]c2cc(C(=O)N3CCO[C@@H](c4ccccc4)C3)ccc21. The summed E-state index contributed by atoms with van der Waals surface area (Å²) in [6.45, 7) is 3.62. The van der Waals surface area contributed by atoms with E-state index in [9.17, 15) is 14.4 Å². The Morgan fingerprint density at radius 1 is 1.18 bits per heavy atom. The van der Waals surface area contributed by atoms with E-state index in [1.54, 1.807) is 30.0 Å². The zero-order valence-electron chi connectivity index (χ0n) is 15.6. The third-order valence-corrected chi connectivity index (χ3v) is 5.06. The van der Waals surface area contributed by atoms with E-state index in [1.807, 2.05) is 30.3 Å². The molecule has 0 spiro atoms. The number of amides is 1. The number of H-pyrrole nitrogens is 1. The first kappa shape index (κ1) is 18.2. The fourth-order valence-electron chi connectivity index (χ4n) is 3.61. The van der Waals surface area contributed by atoms with Crippen molar-refractivity contribution in [1.82, 2.24) is 14.5 Å². The van der Waals surface area contributed by atoms with Crippen molar-refractivity contribution < 1.29 is 9.53 Å². The summed E-state index contributed by atoms with van der Waals surface area (Å²) in [7, 11) is 0. The summed E-state index contributed by atoms with van der Waals surface area (Å²) in [6.07, 6.45) is -0.163. The predicted octanol–water partition coefficient (Wildman–Crippen LogP) is 1.92. The average Bonchev–Trinajstić information content (AvgIpc) is 2.74. The van der Waals surface area contributed by atoms with E-state index in [4.69, 9.17) is 4.74 Å². The van der Waals surface area contributed by atoms with Crippen molar-refractivity contribution in [2.24, 2.45) is 0 Å². The van der Waals surface area contributed by atoms with Gasteiger partial charge in [-0.25, -0.2) is 0 Å². The van der Waals surface area contributed by atoms with Crippen LogP contribution in [0.5, 0.6) is 0 Å². The first-order valence-electron chi connectivity index (χ1n) is 9.31. The molecule has 0 bridgehead atoms. The number of carbonyl (C=O) groups excluding carboxylic acids is 1. The Morgan fingerprint density at radius 2 is 1.96 bits per heavy atom. The highest BCUT2D eigenvalue weighted by Gasteiger charge is 2.26. The number of hydrogen-bond acceptors (Lipinski definition) is 4. The molecule has 1 saturated heterocycles. The summed E-state index contributed by atoms with van der Waals surface area (Å²) in [5.74, 6) is -0.124. The topological polar surface area (TPSA) is 84.4 Å². The molecular weight excluding hydrogens is 358 g/mol. The maximum atomic E-state index is 13.0. The highest BCUT2D eigenvalue weighted by molar-refractivity contribution is 5.97. The third kappa shape index (κ3) is 3.25. The van der Waals surface area contributed by atoms with E-state index in [0.717, 1.165) is 5.56 Å². The lowest BCUT2D eigenvalue weighted by Crippen LogP contribution is -2.42. The van der Waals surface area contributed by atoms with Crippen LogP contribution in [-0.4, -0.2) is 40.1 Å². The van der Waals surface area contributed by atoms with E-state index in [-0.39, 0.29) is 12.0 Å². The molecule has 1 atom stereocenters. The Hall–Kier alpha value is -3.19. The Balaban J connectivity index is 1.64. The van der Waals surface area contributed by atoms with Crippen LogP contribution in [0.25, 0.3) is 11.0 Å². The molecule has 3 aromatic rings. The maximum absolute atomic E-state index is 13.0. The lowest BCUT2D eigenvalue weighted by Gasteiger charge is -2.33. The number of hydrogen-bond donors (Lipinski definition) is 1. The van der Waals surface area contributed by atoms with Gasteiger partial charge < -0.3 is 19.2 Å². The van der Waals surface area contributed by atoms with Gasteiger partial charge in [-0.1, -0.05) is 30.3 Å². The molecule has 1 aliphatic rings. The van der Waals surface area contributed by atoms with Gasteiger partial charge in [-0.3, -0.25) is 14.4 Å². The molecule has 0 saturated carbocycles. The van der Waals surface area contributed by atoms with Gasteiger partial charge >= 0.3 is 11.1 Å². The minimum absolute atomic E-state index is 0.124. The van der Waals surface area contributed by atoms with Crippen LogP contribution >= 0.6 is 0 Å². The molecule has 4 rings (SSSR count). The summed E-state index contributed by atoms with van der Waals surface area (Å²) in [4.78, 5) is 41.3. The second-order valence-corrected chi connectivity index (χ2v) is 6.76. The molecule has 1 aliphatic heterocycles. The van der Waals surface area contributed by atoms with Gasteiger partial charge in [0.25, 0.3) is 5.91 Å². The van der Waals surface area contributed by atoms with Gasteiger partial charge in [-0.2, -0.15) is 0 Å². The van der Waals surface area contributed by atoms with Crippen molar-refractivity contribution in [3.05, 3.63) is 80.4 Å². The molecule has 1 aromatic heterocycles. The average molecular weight is 379 g/mol. The van der Waals surface area contributed by atoms with Crippen LogP contribution in [0.3, 0.4) is 0 Å². The van der Waals surface area contributed by atoms with Crippen LogP contribution in [-0.2, 0) is 11.3 Å². The Morgan fingerprint density at radius 3 is 2.71 bits per heavy atom. The lowest BCUT2D eigenvalue weighted by atomic mass is 10.1. The van der Waals surface area contributed by atoms with E-state index < -0.39 is 11.1 Å².